The molecule has 0 bridgehead atoms. The van der Waals surface area contributed by atoms with Gasteiger partial charge in [-0.3, -0.25) is 4.79 Å². The molecule has 0 radical (unpaired) electrons. The first-order chi connectivity index (χ1) is 14.8. The smallest absolute Gasteiger partial charge is 0.337 e. The van der Waals surface area contributed by atoms with Gasteiger partial charge in [0, 0.05) is 11.1 Å². The van der Waals surface area contributed by atoms with Gasteiger partial charge in [-0.05, 0) is 54.7 Å². The number of nitrogens with one attached hydrogen (secondary N) is 1. The molecule has 0 atom stereocenters. The lowest BCUT2D eigenvalue weighted by molar-refractivity contribution is -0.111. The number of nitrogens with zero attached hydrogens (tertiary/aromatic N) is 3. The third-order valence-corrected chi connectivity index (χ3v) is 4.70. The van der Waals surface area contributed by atoms with Crippen LogP contribution >= 0.6 is 11.6 Å². The van der Waals surface area contributed by atoms with Gasteiger partial charge in [0.25, 0.3) is 0 Å². The molecule has 2 aromatic rings. The summed E-state index contributed by atoms with van der Waals surface area (Å²) in [5, 5.41) is 39.0. The van der Waals surface area contributed by atoms with Crippen LogP contribution in [0.5, 0.6) is 0 Å². The van der Waals surface area contributed by atoms with E-state index in [4.69, 9.17) is 27.4 Å². The first-order valence-corrected chi connectivity index (χ1v) is 9.55. The van der Waals surface area contributed by atoms with Gasteiger partial charge in [-0.15, -0.1) is 0 Å². The van der Waals surface area contributed by atoms with Crippen LogP contribution in [0.1, 0.15) is 34.3 Å². The Labute approximate surface area is 184 Å². The molecular weight excluding hydrogens is 416 g/mol. The highest BCUT2D eigenvalue weighted by molar-refractivity contribution is 6.31. The first-order valence-electron chi connectivity index (χ1n) is 9.17. The number of carboxylic acid groups (broad SMARTS) is 1. The fourth-order valence-electron chi connectivity index (χ4n) is 2.75. The Kier molecular flexibility index (Phi) is 7.92. The lowest BCUT2D eigenvalue weighted by Crippen LogP contribution is -2.13. The fourth-order valence-corrected chi connectivity index (χ4v) is 2.92. The van der Waals surface area contributed by atoms with E-state index in [0.717, 1.165) is 11.1 Å². The second kappa shape index (κ2) is 10.6. The van der Waals surface area contributed by atoms with Crippen molar-refractivity contribution in [3.8, 4) is 18.2 Å². The Morgan fingerprint density at radius 2 is 1.71 bits per heavy atom. The molecule has 0 aliphatic rings. The second-order valence-electron chi connectivity index (χ2n) is 6.65. The molecule has 31 heavy (non-hydrogen) atoms. The van der Waals surface area contributed by atoms with Gasteiger partial charge < -0.3 is 10.4 Å². The van der Waals surface area contributed by atoms with E-state index in [0.29, 0.717) is 17.9 Å². The number of benzene rings is 2. The normalized spacial score (nSPS) is 10.6. The molecule has 0 fully saturated rings. The number of hydrogen-bond donors (Lipinski definition) is 2. The van der Waals surface area contributed by atoms with E-state index in [9.17, 15) is 14.7 Å². The highest BCUT2D eigenvalue weighted by Crippen LogP contribution is 2.23. The summed E-state index contributed by atoms with van der Waals surface area (Å²) in [6, 6.07) is 16.7. The average Bonchev–Trinajstić information content (AvgIpc) is 2.76. The molecular formula is C23H17ClN4O3. The molecule has 2 aromatic carbocycles. The van der Waals surface area contributed by atoms with Gasteiger partial charge >= 0.3 is 5.97 Å². The van der Waals surface area contributed by atoms with E-state index in [1.165, 1.54) is 24.3 Å². The van der Waals surface area contributed by atoms with Crippen molar-refractivity contribution in [3.05, 3.63) is 70.3 Å². The molecule has 1 amide bonds. The highest BCUT2D eigenvalue weighted by Gasteiger charge is 2.29. The van der Waals surface area contributed by atoms with Crippen LogP contribution < -0.4 is 5.32 Å². The number of aromatic carboxylic acids is 1. The summed E-state index contributed by atoms with van der Waals surface area (Å²) in [4.78, 5) is 23.4. The number of carbonyl (C=O) groups excluding carboxylic acids is 1. The van der Waals surface area contributed by atoms with E-state index < -0.39 is 17.3 Å². The van der Waals surface area contributed by atoms with Crippen LogP contribution in [0, 0.1) is 39.4 Å². The molecule has 0 aromatic heterocycles. The fraction of sp³-hybridized carbons (Fsp3) is 0.174. The summed E-state index contributed by atoms with van der Waals surface area (Å²) in [5.41, 5.74) is 0.148. The van der Waals surface area contributed by atoms with Gasteiger partial charge in [0.2, 0.25) is 11.3 Å². The molecule has 0 aliphatic carbocycles. The maximum Gasteiger partial charge on any atom is 0.337 e. The number of carbonyl (C=O) groups is 2. The third kappa shape index (κ3) is 6.44. The van der Waals surface area contributed by atoms with Gasteiger partial charge in [0.15, 0.2) is 0 Å². The first kappa shape index (κ1) is 23.2. The summed E-state index contributed by atoms with van der Waals surface area (Å²) in [6.07, 6.45) is 4.14. The summed E-state index contributed by atoms with van der Waals surface area (Å²) >= 11 is 5.87. The molecule has 7 nitrogen and oxygen atoms in total. The van der Waals surface area contributed by atoms with Crippen LogP contribution in [0.3, 0.4) is 0 Å². The topological polar surface area (TPSA) is 138 Å². The van der Waals surface area contributed by atoms with E-state index in [2.05, 4.69) is 5.32 Å². The zero-order valence-corrected chi connectivity index (χ0v) is 17.1. The largest absolute Gasteiger partial charge is 0.478 e. The Bertz CT molecular complexity index is 1100. The summed E-state index contributed by atoms with van der Waals surface area (Å²) in [6.45, 7) is 0. The molecule has 0 heterocycles. The zero-order valence-electron chi connectivity index (χ0n) is 16.3. The van der Waals surface area contributed by atoms with E-state index in [-0.39, 0.29) is 17.7 Å². The predicted octanol–water partition coefficient (Wildman–Crippen LogP) is 4.57. The molecule has 154 valence electrons. The molecule has 0 saturated heterocycles. The van der Waals surface area contributed by atoms with Crippen LogP contribution in [0.15, 0.2) is 48.5 Å². The van der Waals surface area contributed by atoms with Crippen molar-refractivity contribution in [2.24, 2.45) is 5.41 Å². The van der Waals surface area contributed by atoms with Gasteiger partial charge in [0.05, 0.1) is 11.3 Å². The third-order valence-electron chi connectivity index (χ3n) is 4.47. The highest BCUT2D eigenvalue weighted by atomic mass is 35.5. The average molecular weight is 433 g/mol. The van der Waals surface area contributed by atoms with E-state index in [1.807, 2.05) is 12.1 Å². The van der Waals surface area contributed by atoms with Crippen molar-refractivity contribution in [2.45, 2.75) is 19.3 Å². The number of aryl methyl sites for hydroxylation is 1. The number of hydrogen-bond acceptors (Lipinski definition) is 5. The molecule has 0 spiro atoms. The molecule has 2 N–H and O–H groups in total. The Morgan fingerprint density at radius 3 is 2.29 bits per heavy atom. The van der Waals surface area contributed by atoms with Gasteiger partial charge in [-0.2, -0.15) is 15.8 Å². The van der Waals surface area contributed by atoms with Gasteiger partial charge in [0.1, 0.15) is 18.2 Å². The lowest BCUT2D eigenvalue weighted by Gasteiger charge is -2.08. The number of rotatable bonds is 8. The van der Waals surface area contributed by atoms with Crippen molar-refractivity contribution in [2.75, 3.05) is 5.32 Å². The molecule has 2 rings (SSSR count). The summed E-state index contributed by atoms with van der Waals surface area (Å²) < 4.78 is 0. The second-order valence-corrected chi connectivity index (χ2v) is 7.09. The minimum atomic E-state index is -1.61. The van der Waals surface area contributed by atoms with E-state index in [1.54, 1.807) is 36.4 Å². The maximum absolute atomic E-state index is 12.1. The standard InChI is InChI=1S/C23H17ClN4O3/c24-18-8-9-19(22(30)31)20(12-18)28-21(29)10-7-17-5-3-16(4-6-17)2-1-11-23(13-25,14-26)15-27/h3-10,12H,1-2,11H2,(H,28,29)(H,30,31)/b10-7+. The SMILES string of the molecule is N#CC(C#N)(C#N)CCCc1ccc(/C=C/C(=O)Nc2cc(Cl)ccc2C(=O)O)cc1. The Balaban J connectivity index is 1.96. The van der Waals surface area contributed by atoms with Gasteiger partial charge in [-0.1, -0.05) is 35.9 Å². The zero-order chi connectivity index (χ0) is 22.9. The van der Waals surface area contributed by atoms with Crippen molar-refractivity contribution in [1.29, 1.82) is 15.8 Å². The molecule has 0 unspecified atom stereocenters. The minimum absolute atomic E-state index is 0.0660. The molecule has 0 aliphatic heterocycles. The van der Waals surface area contributed by atoms with Crippen molar-refractivity contribution < 1.29 is 14.7 Å². The maximum atomic E-state index is 12.1. The van der Waals surface area contributed by atoms with Crippen molar-refractivity contribution >= 4 is 35.2 Å². The summed E-state index contributed by atoms with van der Waals surface area (Å²) in [5.74, 6) is -1.68. The monoisotopic (exact) mass is 432 g/mol. The number of anilines is 1. The molecule has 8 heteroatoms. The predicted molar refractivity (Wildman–Crippen MR) is 115 cm³/mol. The molecule has 0 saturated carbocycles. The van der Waals surface area contributed by atoms with Crippen LogP contribution in [0.2, 0.25) is 5.02 Å². The van der Waals surface area contributed by atoms with Crippen LogP contribution in [0.4, 0.5) is 5.69 Å². The number of nitriles is 3. The number of amides is 1. The Hall–Kier alpha value is -4.12. The van der Waals surface area contributed by atoms with Crippen LogP contribution in [-0.4, -0.2) is 17.0 Å². The minimum Gasteiger partial charge on any atom is -0.478 e. The van der Waals surface area contributed by atoms with E-state index >= 15 is 0 Å². The lowest BCUT2D eigenvalue weighted by atomic mass is 9.87. The quantitative estimate of drug-likeness (QED) is 0.586. The van der Waals surface area contributed by atoms with Crippen molar-refractivity contribution in [3.63, 3.8) is 0 Å². The summed E-state index contributed by atoms with van der Waals surface area (Å²) in [7, 11) is 0. The van der Waals surface area contributed by atoms with Gasteiger partial charge in [-0.25, -0.2) is 4.79 Å². The number of carboxylic acids is 1. The van der Waals surface area contributed by atoms with Crippen LogP contribution in [-0.2, 0) is 11.2 Å². The Morgan fingerprint density at radius 1 is 1.06 bits per heavy atom. The number of halogens is 1. The van der Waals surface area contributed by atoms with Crippen molar-refractivity contribution in [1.82, 2.24) is 0 Å². The van der Waals surface area contributed by atoms with Crippen LogP contribution in [0.25, 0.3) is 6.08 Å².